The van der Waals surface area contributed by atoms with E-state index in [1.807, 2.05) is 0 Å². The fourth-order valence-corrected chi connectivity index (χ4v) is 2.38. The Morgan fingerprint density at radius 1 is 1.30 bits per heavy atom. The molecule has 23 heavy (non-hydrogen) atoms. The summed E-state index contributed by atoms with van der Waals surface area (Å²) in [7, 11) is 0. The van der Waals surface area contributed by atoms with Gasteiger partial charge in [0, 0.05) is 0 Å². The molecule has 0 saturated heterocycles. The Kier molecular flexibility index (Phi) is 4.40. The van der Waals surface area contributed by atoms with Crippen molar-refractivity contribution in [1.82, 2.24) is 5.32 Å². The second kappa shape index (κ2) is 6.12. The van der Waals surface area contributed by atoms with Crippen molar-refractivity contribution >= 4 is 22.8 Å². The molecule has 2 aromatic rings. The third-order valence-corrected chi connectivity index (χ3v) is 3.59. The van der Waals surface area contributed by atoms with Crippen molar-refractivity contribution in [2.24, 2.45) is 0 Å². The van der Waals surface area contributed by atoms with Crippen LogP contribution < -0.4 is 10.9 Å². The third kappa shape index (κ3) is 3.33. The summed E-state index contributed by atoms with van der Waals surface area (Å²) in [4.78, 5) is 34.7. The van der Waals surface area contributed by atoms with Crippen molar-refractivity contribution in [3.8, 4) is 5.75 Å². The molecule has 1 aromatic heterocycles. The molecule has 0 spiro atoms. The molecule has 1 aromatic carbocycles. The number of phenols is 1. The van der Waals surface area contributed by atoms with E-state index in [-0.39, 0.29) is 23.3 Å². The number of aromatic hydroxyl groups is 1. The van der Waals surface area contributed by atoms with Gasteiger partial charge in [0.25, 0.3) is 0 Å². The summed E-state index contributed by atoms with van der Waals surface area (Å²) >= 11 is 0. The number of hydrogen-bond donors (Lipinski definition) is 3. The Morgan fingerprint density at radius 3 is 2.57 bits per heavy atom. The zero-order valence-corrected chi connectivity index (χ0v) is 13.0. The number of fused-ring (bicyclic) bond motifs is 1. The number of benzene rings is 1. The number of nitrogens with one attached hydrogen (secondary N) is 1. The largest absolute Gasteiger partial charge is 0.507 e. The smallest absolute Gasteiger partial charge is 0.340 e. The number of amides is 1. The third-order valence-electron chi connectivity index (χ3n) is 3.59. The molecule has 122 valence electrons. The standard InChI is InChI=1S/C16H17NO6/c1-7-4-11(18)14-8(2)10(16(22)23-12(14)5-7)6-13(19)17-9(3)15(20)21/h4-5,9,18H,6H2,1-3H3,(H,17,19)(H,20,21). The molecule has 0 fully saturated rings. The Hall–Kier alpha value is -2.83. The Labute approximate surface area is 131 Å². The van der Waals surface area contributed by atoms with Crippen LogP contribution in [0.1, 0.15) is 23.6 Å². The van der Waals surface area contributed by atoms with Gasteiger partial charge < -0.3 is 19.9 Å². The van der Waals surface area contributed by atoms with Crippen LogP contribution in [0.4, 0.5) is 0 Å². The van der Waals surface area contributed by atoms with E-state index in [0.717, 1.165) is 5.56 Å². The van der Waals surface area contributed by atoms with Crippen LogP contribution in [-0.4, -0.2) is 28.1 Å². The summed E-state index contributed by atoms with van der Waals surface area (Å²) in [5.41, 5.74) is 0.822. The molecule has 0 aliphatic heterocycles. The maximum absolute atomic E-state index is 12.1. The van der Waals surface area contributed by atoms with Gasteiger partial charge in [-0.2, -0.15) is 0 Å². The quantitative estimate of drug-likeness (QED) is 0.730. The predicted octanol–water partition coefficient (Wildman–Crippen LogP) is 1.25. The molecule has 3 N–H and O–H groups in total. The van der Waals surface area contributed by atoms with Gasteiger partial charge in [-0.05, 0) is 44.0 Å². The molecular weight excluding hydrogens is 302 g/mol. The highest BCUT2D eigenvalue weighted by atomic mass is 16.4. The Bertz CT molecular complexity index is 852. The van der Waals surface area contributed by atoms with E-state index in [4.69, 9.17) is 9.52 Å². The Morgan fingerprint density at radius 2 is 1.96 bits per heavy atom. The van der Waals surface area contributed by atoms with Crippen molar-refractivity contribution in [2.75, 3.05) is 0 Å². The van der Waals surface area contributed by atoms with Crippen LogP contribution in [0.15, 0.2) is 21.3 Å². The first-order chi connectivity index (χ1) is 10.7. The summed E-state index contributed by atoms with van der Waals surface area (Å²) < 4.78 is 5.18. The molecule has 0 radical (unpaired) electrons. The fraction of sp³-hybridized carbons (Fsp3) is 0.312. The highest BCUT2D eigenvalue weighted by Gasteiger charge is 2.19. The van der Waals surface area contributed by atoms with Gasteiger partial charge in [-0.15, -0.1) is 0 Å². The molecule has 2 rings (SSSR count). The molecule has 0 saturated carbocycles. The lowest BCUT2D eigenvalue weighted by Crippen LogP contribution is -2.39. The summed E-state index contributed by atoms with van der Waals surface area (Å²) in [6.07, 6.45) is -0.324. The lowest BCUT2D eigenvalue weighted by Gasteiger charge is -2.12. The van der Waals surface area contributed by atoms with Crippen molar-refractivity contribution in [3.05, 3.63) is 39.2 Å². The monoisotopic (exact) mass is 319 g/mol. The molecule has 0 aliphatic carbocycles. The Balaban J connectivity index is 2.44. The van der Waals surface area contributed by atoms with Gasteiger partial charge in [0.1, 0.15) is 17.4 Å². The van der Waals surface area contributed by atoms with Crippen LogP contribution in [0.25, 0.3) is 11.0 Å². The SMILES string of the molecule is Cc1cc(O)c2c(C)c(CC(=O)NC(C)C(=O)O)c(=O)oc2c1. The van der Waals surface area contributed by atoms with Crippen LogP contribution >= 0.6 is 0 Å². The average molecular weight is 319 g/mol. The van der Waals surface area contributed by atoms with Crippen LogP contribution in [-0.2, 0) is 16.0 Å². The van der Waals surface area contributed by atoms with Crippen LogP contribution in [0.2, 0.25) is 0 Å². The topological polar surface area (TPSA) is 117 Å². The first-order valence-electron chi connectivity index (χ1n) is 6.98. The van der Waals surface area contributed by atoms with Gasteiger partial charge in [0.2, 0.25) is 5.91 Å². The second-order valence-corrected chi connectivity index (χ2v) is 5.45. The number of phenolic OH excluding ortho intramolecular Hbond substituents is 1. The van der Waals surface area contributed by atoms with E-state index in [1.54, 1.807) is 19.9 Å². The van der Waals surface area contributed by atoms with Crippen molar-refractivity contribution in [3.63, 3.8) is 0 Å². The molecule has 7 heteroatoms. The minimum atomic E-state index is -1.17. The van der Waals surface area contributed by atoms with Gasteiger partial charge >= 0.3 is 11.6 Å². The number of carboxylic acid groups (broad SMARTS) is 1. The highest BCUT2D eigenvalue weighted by molar-refractivity contribution is 5.90. The number of aryl methyl sites for hydroxylation is 2. The van der Waals surface area contributed by atoms with E-state index in [9.17, 15) is 19.5 Å². The number of carbonyl (C=O) groups excluding carboxylic acids is 1. The first-order valence-corrected chi connectivity index (χ1v) is 6.98. The van der Waals surface area contributed by atoms with Crippen LogP contribution in [0.3, 0.4) is 0 Å². The van der Waals surface area contributed by atoms with Gasteiger partial charge in [0.05, 0.1) is 17.4 Å². The van der Waals surface area contributed by atoms with E-state index in [1.165, 1.54) is 13.0 Å². The van der Waals surface area contributed by atoms with E-state index < -0.39 is 23.5 Å². The van der Waals surface area contributed by atoms with Crippen molar-refractivity contribution in [1.29, 1.82) is 0 Å². The molecule has 1 amide bonds. The van der Waals surface area contributed by atoms with Crippen molar-refractivity contribution in [2.45, 2.75) is 33.2 Å². The number of aliphatic carboxylic acids is 1. The maximum atomic E-state index is 12.1. The maximum Gasteiger partial charge on any atom is 0.340 e. The van der Waals surface area contributed by atoms with Gasteiger partial charge in [-0.3, -0.25) is 9.59 Å². The summed E-state index contributed by atoms with van der Waals surface area (Å²) in [6, 6.07) is 2.09. The highest BCUT2D eigenvalue weighted by Crippen LogP contribution is 2.29. The zero-order chi connectivity index (χ0) is 17.3. The second-order valence-electron chi connectivity index (χ2n) is 5.45. The average Bonchev–Trinajstić information content (AvgIpc) is 2.42. The molecule has 1 heterocycles. The fourth-order valence-electron chi connectivity index (χ4n) is 2.38. The number of hydrogen-bond acceptors (Lipinski definition) is 5. The number of carbonyl (C=O) groups is 2. The molecule has 0 aliphatic rings. The molecule has 1 unspecified atom stereocenters. The minimum absolute atomic E-state index is 0.0400. The molecule has 0 bridgehead atoms. The molecule has 1 atom stereocenters. The number of carboxylic acids is 1. The molecule has 7 nitrogen and oxygen atoms in total. The van der Waals surface area contributed by atoms with Crippen LogP contribution in [0.5, 0.6) is 5.75 Å². The zero-order valence-electron chi connectivity index (χ0n) is 13.0. The van der Waals surface area contributed by atoms with Crippen LogP contribution in [0, 0.1) is 13.8 Å². The lowest BCUT2D eigenvalue weighted by molar-refractivity contribution is -0.141. The van der Waals surface area contributed by atoms with Gasteiger partial charge in [0.15, 0.2) is 0 Å². The normalized spacial score (nSPS) is 12.1. The van der Waals surface area contributed by atoms with Gasteiger partial charge in [-0.1, -0.05) is 0 Å². The minimum Gasteiger partial charge on any atom is -0.507 e. The first kappa shape index (κ1) is 16.5. The predicted molar refractivity (Wildman–Crippen MR) is 82.6 cm³/mol. The summed E-state index contributed by atoms with van der Waals surface area (Å²) in [6.45, 7) is 4.69. The number of rotatable bonds is 4. The van der Waals surface area contributed by atoms with Gasteiger partial charge in [-0.25, -0.2) is 4.79 Å². The molecular formula is C16H17NO6. The van der Waals surface area contributed by atoms with Crippen molar-refractivity contribution < 1.29 is 24.2 Å². The summed E-state index contributed by atoms with van der Waals surface area (Å²) in [5.74, 6) is -1.82. The lowest BCUT2D eigenvalue weighted by atomic mass is 10.0. The summed E-state index contributed by atoms with van der Waals surface area (Å²) in [5, 5.41) is 21.5. The van der Waals surface area contributed by atoms with E-state index in [2.05, 4.69) is 5.32 Å². The van der Waals surface area contributed by atoms with E-state index in [0.29, 0.717) is 10.9 Å². The van der Waals surface area contributed by atoms with E-state index >= 15 is 0 Å².